The van der Waals surface area contributed by atoms with Crippen LogP contribution in [0.3, 0.4) is 0 Å². The Morgan fingerprint density at radius 2 is 0.675 bits per heavy atom. The Morgan fingerprint density at radius 3 is 1.05 bits per heavy atom. The third-order valence-corrected chi connectivity index (χ3v) is 13.1. The number of halogens is 1. The van der Waals surface area contributed by atoms with Crippen LogP contribution in [0.4, 0.5) is 0 Å². The molecule has 0 radical (unpaired) electrons. The first-order chi connectivity index (χ1) is 38.3. The lowest BCUT2D eigenvalue weighted by Crippen LogP contribution is -2.45. The molecule has 26 nitrogen and oxygen atoms in total. The summed E-state index contributed by atoms with van der Waals surface area (Å²) in [5.74, 6) is -8.34. The van der Waals surface area contributed by atoms with Gasteiger partial charge in [0.2, 0.25) is 39.2 Å². The molecular weight excluding hydrogens is 1170 g/mol. The molecule has 4 atom stereocenters. The number of carboxylic acid groups (broad SMARTS) is 4. The van der Waals surface area contributed by atoms with Gasteiger partial charge in [-0.25, -0.2) is 14.4 Å². The average molecular weight is 1260 g/mol. The molecule has 27 heteroatoms. The zero-order chi connectivity index (χ0) is 59.6. The van der Waals surface area contributed by atoms with E-state index < -0.39 is 90.9 Å². The van der Waals surface area contributed by atoms with Crippen LogP contribution in [0.2, 0.25) is 0 Å². The van der Waals surface area contributed by atoms with Crippen LogP contribution >= 0.6 is 22.6 Å². The first kappa shape index (κ1) is 74.9. The summed E-state index contributed by atoms with van der Waals surface area (Å²) in [5, 5.41) is 52.3. The van der Waals surface area contributed by atoms with Crippen LogP contribution in [0.1, 0.15) is 173 Å². The molecule has 0 saturated carbocycles. The Hall–Kier alpha value is -5.10. The third kappa shape index (κ3) is 47.7. The number of amides is 6. The number of aliphatic carboxylic acids is 4. The molecule has 0 aliphatic carbocycles. The third-order valence-electron chi connectivity index (χ3n) is 12.3. The highest BCUT2D eigenvalue weighted by Crippen LogP contribution is 2.15. The highest BCUT2D eigenvalue weighted by atomic mass is 127. The number of carbonyl (C=O) groups excluding carboxylic acids is 7. The summed E-state index contributed by atoms with van der Waals surface area (Å²) in [4.78, 5) is 131. The smallest absolute Gasteiger partial charge is 0.326 e. The van der Waals surface area contributed by atoms with Gasteiger partial charge in [0.25, 0.3) is 0 Å². The van der Waals surface area contributed by atoms with Crippen molar-refractivity contribution in [1.29, 1.82) is 0 Å². The summed E-state index contributed by atoms with van der Waals surface area (Å²) >= 11 is 1.67. The Labute approximate surface area is 483 Å². The Bertz CT molecular complexity index is 1820. The predicted molar refractivity (Wildman–Crippen MR) is 300 cm³/mol. The van der Waals surface area contributed by atoms with Crippen molar-refractivity contribution >= 4 is 85.7 Å². The summed E-state index contributed by atoms with van der Waals surface area (Å²) in [5.41, 5.74) is 5.66. The van der Waals surface area contributed by atoms with Crippen LogP contribution in [-0.4, -0.2) is 180 Å². The van der Waals surface area contributed by atoms with Crippen molar-refractivity contribution in [2.75, 3.05) is 72.5 Å². The Balaban J connectivity index is 4.13. The van der Waals surface area contributed by atoms with Crippen molar-refractivity contribution in [1.82, 2.24) is 31.9 Å². The van der Waals surface area contributed by atoms with Gasteiger partial charge in [-0.1, -0.05) is 89.9 Å². The number of rotatable bonds is 56. The maximum atomic E-state index is 12.6. The first-order valence-corrected chi connectivity index (χ1v) is 29.2. The summed E-state index contributed by atoms with van der Waals surface area (Å²) < 4.78 is 21.1. The summed E-state index contributed by atoms with van der Waals surface area (Å²) in [7, 11) is 0. The lowest BCUT2D eigenvalue weighted by Gasteiger charge is -2.18. The molecule has 0 aromatic carbocycles. The van der Waals surface area contributed by atoms with E-state index in [4.69, 9.17) is 29.8 Å². The zero-order valence-corrected chi connectivity index (χ0v) is 48.7. The maximum absolute atomic E-state index is 12.6. The molecule has 0 aromatic heterocycles. The number of carbonyl (C=O) groups is 11. The van der Waals surface area contributed by atoms with Gasteiger partial charge in [-0.3, -0.25) is 38.4 Å². The van der Waals surface area contributed by atoms with Crippen LogP contribution < -0.4 is 37.6 Å². The fourth-order valence-electron chi connectivity index (χ4n) is 7.75. The first-order valence-electron chi connectivity index (χ1n) is 28.2. The summed E-state index contributed by atoms with van der Waals surface area (Å²) in [6.07, 6.45) is 17.0. The summed E-state index contributed by atoms with van der Waals surface area (Å²) in [6, 6.07) is -4.93. The van der Waals surface area contributed by atoms with Gasteiger partial charge in [0.05, 0.1) is 45.7 Å². The highest BCUT2D eigenvalue weighted by molar-refractivity contribution is 14.1. The second kappa shape index (κ2) is 50.8. The molecule has 0 aromatic rings. The number of carboxylic acids is 4. The molecule has 6 amide bonds. The number of hydrogen-bond donors (Lipinski definition) is 11. The van der Waals surface area contributed by atoms with Gasteiger partial charge in [0, 0.05) is 74.3 Å². The molecule has 460 valence electrons. The van der Waals surface area contributed by atoms with Gasteiger partial charge in [-0.2, -0.15) is 0 Å². The number of hydrogen-bond acceptors (Lipinski definition) is 16. The summed E-state index contributed by atoms with van der Waals surface area (Å²) in [6.45, 7) is 1.28. The molecule has 0 aliphatic heterocycles. The van der Waals surface area contributed by atoms with E-state index in [9.17, 15) is 68.1 Å². The quantitative estimate of drug-likeness (QED) is 0.0237. The normalized spacial score (nSPS) is 12.5. The van der Waals surface area contributed by atoms with Gasteiger partial charge in [-0.15, -0.1) is 0 Å². The minimum atomic E-state index is -1.57. The fraction of sp³-hybridized carbons (Fsp3) is 0.792. The average Bonchev–Trinajstić information content (AvgIpc) is 3.40. The highest BCUT2D eigenvalue weighted by Gasteiger charge is 2.26. The second-order valence-electron chi connectivity index (χ2n) is 19.3. The van der Waals surface area contributed by atoms with Crippen LogP contribution in [-0.2, 0) is 71.7 Å². The molecule has 80 heavy (non-hydrogen) atoms. The monoisotopic (exact) mass is 1260 g/mol. The van der Waals surface area contributed by atoms with E-state index in [-0.39, 0.29) is 114 Å². The molecule has 0 heterocycles. The van der Waals surface area contributed by atoms with Crippen LogP contribution in [0.5, 0.6) is 0 Å². The zero-order valence-electron chi connectivity index (χ0n) is 46.5. The molecule has 0 saturated heterocycles. The molecule has 0 rings (SSSR count). The number of nitrogens with two attached hydrogens (primary N) is 1. The maximum Gasteiger partial charge on any atom is 0.326 e. The van der Waals surface area contributed by atoms with Crippen molar-refractivity contribution in [3.8, 4) is 0 Å². The van der Waals surface area contributed by atoms with Crippen molar-refractivity contribution < 1.29 is 92.1 Å². The lowest BCUT2D eigenvalue weighted by molar-refractivity contribution is -0.144. The SMILES string of the molecule is N[C@@H](CCCCNC(=O)COCCOCCNC(=O)COCCOCCNC(=O)CC[C@H](NC(=O)CC[C@H](NC(=O)CC[C@H](NC(=O)CCCCCCCCCCCCCCCCCCC(=O)O)C(=O)O)C(=O)O)C(=O)O)C(=O)I. The van der Waals surface area contributed by atoms with Gasteiger partial charge < -0.3 is 77.0 Å². The minimum Gasteiger partial charge on any atom is -0.481 e. The van der Waals surface area contributed by atoms with Crippen LogP contribution in [0.25, 0.3) is 0 Å². The second-order valence-corrected chi connectivity index (χ2v) is 20.4. The molecule has 0 fully saturated rings. The van der Waals surface area contributed by atoms with E-state index in [1.807, 2.05) is 0 Å². The van der Waals surface area contributed by atoms with Gasteiger partial charge in [0.1, 0.15) is 31.3 Å². The number of unbranched alkanes of at least 4 members (excludes halogenated alkanes) is 16. The molecule has 0 spiro atoms. The van der Waals surface area contributed by atoms with Gasteiger partial charge >= 0.3 is 23.9 Å². The molecule has 0 unspecified atom stereocenters. The van der Waals surface area contributed by atoms with E-state index in [2.05, 4.69) is 31.9 Å². The standard InChI is InChI=1S/C53H92IN7O19/c54-50(70)39(55)19-17-18-28-56-47(66)37-79-35-34-78-32-30-58-48(67)38-80-36-33-77-31-29-57-43(62)25-22-40(51(71)72)60-45(64)27-24-42(53(75)76)61-46(65)26-23-41(52(73)74)59-44(63)20-15-13-11-9-7-5-3-1-2-4-6-8-10-12-14-16-21-49(68)69/h39-42H,1-38,55H2,(H,56,66)(H,57,62)(H,58,67)(H,59,63)(H,60,64)(H,61,65)(H,68,69)(H,71,72)(H,73,74)(H,75,76)/t39-,40-,41-,42-/m0/s1. The predicted octanol–water partition coefficient (Wildman–Crippen LogP) is 3.02. The van der Waals surface area contributed by atoms with Crippen molar-refractivity contribution in [3.63, 3.8) is 0 Å². The van der Waals surface area contributed by atoms with E-state index in [0.717, 1.165) is 64.2 Å². The molecule has 12 N–H and O–H groups in total. The van der Waals surface area contributed by atoms with E-state index in [1.54, 1.807) is 22.6 Å². The largest absolute Gasteiger partial charge is 0.481 e. The van der Waals surface area contributed by atoms with Crippen molar-refractivity contribution in [2.45, 2.75) is 198 Å². The van der Waals surface area contributed by atoms with E-state index >= 15 is 0 Å². The van der Waals surface area contributed by atoms with Crippen LogP contribution in [0, 0.1) is 0 Å². The number of ether oxygens (including phenoxy) is 4. The Kier molecular flexibility index (Phi) is 47.6. The molecule has 0 bridgehead atoms. The fourth-order valence-corrected chi connectivity index (χ4v) is 8.06. The minimum absolute atomic E-state index is 0.0717. The molecule has 0 aliphatic rings. The number of nitrogens with one attached hydrogen (secondary N) is 6. The lowest BCUT2D eigenvalue weighted by atomic mass is 10.0. The van der Waals surface area contributed by atoms with Gasteiger partial charge in [0.15, 0.2) is 0 Å². The van der Waals surface area contributed by atoms with Crippen molar-refractivity contribution in [3.05, 3.63) is 0 Å². The molecular formula is C53H92IN7O19. The topological polar surface area (TPSA) is 404 Å². The van der Waals surface area contributed by atoms with Gasteiger partial charge in [-0.05, 0) is 51.4 Å². The van der Waals surface area contributed by atoms with Crippen molar-refractivity contribution in [2.24, 2.45) is 5.73 Å². The van der Waals surface area contributed by atoms with Crippen LogP contribution in [0.15, 0.2) is 0 Å². The Morgan fingerprint density at radius 1 is 0.350 bits per heavy atom. The van der Waals surface area contributed by atoms with E-state index in [1.165, 1.54) is 38.5 Å². The van der Waals surface area contributed by atoms with E-state index in [0.29, 0.717) is 25.8 Å².